The van der Waals surface area contributed by atoms with Crippen LogP contribution in [0.25, 0.3) is 0 Å². The van der Waals surface area contributed by atoms with Crippen molar-refractivity contribution in [3.8, 4) is 0 Å². The molecule has 0 amide bonds. The first-order valence-corrected chi connectivity index (χ1v) is 5.67. The van der Waals surface area contributed by atoms with Crippen LogP contribution in [0.4, 0.5) is 17.3 Å². The second-order valence-electron chi connectivity index (χ2n) is 3.99. The number of hydrogen-bond acceptors (Lipinski definition) is 5. The number of nitrogens with zero attached hydrogens (tertiary/aromatic N) is 3. The van der Waals surface area contributed by atoms with Crippen LogP contribution < -0.4 is 10.6 Å². The number of nitro groups is 1. The zero-order chi connectivity index (χ0) is 12.8. The van der Waals surface area contributed by atoms with Gasteiger partial charge < -0.3 is 10.6 Å². The van der Waals surface area contributed by atoms with Crippen LogP contribution in [0.5, 0.6) is 0 Å². The smallest absolute Gasteiger partial charge is 0.276 e. The minimum Gasteiger partial charge on any atom is -0.383 e. The van der Waals surface area contributed by atoms with E-state index in [1.165, 1.54) is 12.1 Å². The van der Waals surface area contributed by atoms with Gasteiger partial charge in [-0.25, -0.2) is 4.98 Å². The first kappa shape index (κ1) is 13.2. The van der Waals surface area contributed by atoms with Crippen LogP contribution in [0.1, 0.15) is 26.2 Å². The maximum atomic E-state index is 10.7. The summed E-state index contributed by atoms with van der Waals surface area (Å²) in [6.07, 6.45) is 3.31. The number of nitrogens with two attached hydrogens (primary N) is 1. The number of anilines is 2. The fraction of sp³-hybridized carbons (Fsp3) is 0.545. The van der Waals surface area contributed by atoms with E-state index in [2.05, 4.69) is 11.9 Å². The second kappa shape index (κ2) is 6.03. The lowest BCUT2D eigenvalue weighted by Crippen LogP contribution is -2.20. The van der Waals surface area contributed by atoms with Crippen molar-refractivity contribution in [2.24, 2.45) is 0 Å². The van der Waals surface area contributed by atoms with Gasteiger partial charge >= 0.3 is 0 Å². The number of aromatic nitrogens is 1. The van der Waals surface area contributed by atoms with E-state index in [4.69, 9.17) is 5.73 Å². The predicted molar refractivity (Wildman–Crippen MR) is 68.1 cm³/mol. The molecule has 1 aromatic heterocycles. The molecule has 0 bridgehead atoms. The molecule has 0 fully saturated rings. The number of unbranched alkanes of at least 4 members (excludes halogenated alkanes) is 2. The summed E-state index contributed by atoms with van der Waals surface area (Å²) in [7, 11) is 1.86. The van der Waals surface area contributed by atoms with Gasteiger partial charge in [0.25, 0.3) is 5.69 Å². The van der Waals surface area contributed by atoms with Crippen molar-refractivity contribution in [3.05, 3.63) is 22.2 Å². The van der Waals surface area contributed by atoms with E-state index in [1.807, 2.05) is 11.9 Å². The van der Waals surface area contributed by atoms with Crippen molar-refractivity contribution < 1.29 is 4.92 Å². The van der Waals surface area contributed by atoms with E-state index < -0.39 is 4.92 Å². The average molecular weight is 238 g/mol. The normalized spacial score (nSPS) is 10.2. The fourth-order valence-electron chi connectivity index (χ4n) is 1.54. The monoisotopic (exact) mass is 238 g/mol. The Labute approximate surface area is 101 Å². The summed E-state index contributed by atoms with van der Waals surface area (Å²) in [5.74, 6) is 0.726. The Hall–Kier alpha value is -1.85. The molecular formula is C11H18N4O2. The van der Waals surface area contributed by atoms with E-state index >= 15 is 0 Å². The zero-order valence-corrected chi connectivity index (χ0v) is 10.2. The van der Waals surface area contributed by atoms with E-state index in [9.17, 15) is 10.1 Å². The van der Waals surface area contributed by atoms with Crippen LogP contribution in [0.3, 0.4) is 0 Å². The number of pyridine rings is 1. The molecule has 0 atom stereocenters. The van der Waals surface area contributed by atoms with Gasteiger partial charge in [-0.05, 0) is 6.42 Å². The Morgan fingerprint density at radius 3 is 2.76 bits per heavy atom. The Morgan fingerprint density at radius 1 is 1.47 bits per heavy atom. The highest BCUT2D eigenvalue weighted by Gasteiger charge is 2.12. The van der Waals surface area contributed by atoms with Crippen molar-refractivity contribution in [2.45, 2.75) is 26.2 Å². The van der Waals surface area contributed by atoms with Gasteiger partial charge in [-0.3, -0.25) is 10.1 Å². The van der Waals surface area contributed by atoms with Crippen LogP contribution in [-0.4, -0.2) is 23.5 Å². The summed E-state index contributed by atoms with van der Waals surface area (Å²) in [5, 5.41) is 10.7. The zero-order valence-electron chi connectivity index (χ0n) is 10.2. The van der Waals surface area contributed by atoms with Crippen LogP contribution in [0.2, 0.25) is 0 Å². The molecule has 0 aliphatic carbocycles. The molecule has 0 saturated heterocycles. The van der Waals surface area contributed by atoms with Gasteiger partial charge in [0, 0.05) is 13.6 Å². The topological polar surface area (TPSA) is 85.3 Å². The molecule has 2 N–H and O–H groups in total. The van der Waals surface area contributed by atoms with Crippen LogP contribution in [0.15, 0.2) is 12.1 Å². The summed E-state index contributed by atoms with van der Waals surface area (Å²) >= 11 is 0. The van der Waals surface area contributed by atoms with E-state index in [-0.39, 0.29) is 11.5 Å². The Morgan fingerprint density at radius 2 is 2.18 bits per heavy atom. The minimum absolute atomic E-state index is 0.0187. The van der Waals surface area contributed by atoms with Crippen LogP contribution in [-0.2, 0) is 0 Å². The molecule has 94 valence electrons. The molecule has 1 heterocycles. The highest BCUT2D eigenvalue weighted by molar-refractivity contribution is 5.53. The average Bonchev–Trinajstić information content (AvgIpc) is 2.28. The lowest BCUT2D eigenvalue weighted by Gasteiger charge is -2.17. The van der Waals surface area contributed by atoms with Crippen molar-refractivity contribution >= 4 is 17.3 Å². The van der Waals surface area contributed by atoms with Crippen LogP contribution >= 0.6 is 0 Å². The SMILES string of the molecule is CCCCCN(C)c1cc([N+](=O)[O-])cc(N)n1. The van der Waals surface area contributed by atoms with Crippen molar-refractivity contribution in [1.29, 1.82) is 0 Å². The molecule has 0 unspecified atom stereocenters. The highest BCUT2D eigenvalue weighted by atomic mass is 16.6. The summed E-state index contributed by atoms with van der Waals surface area (Å²) in [5.41, 5.74) is 5.53. The van der Waals surface area contributed by atoms with Gasteiger partial charge in [-0.1, -0.05) is 19.8 Å². The van der Waals surface area contributed by atoms with Crippen molar-refractivity contribution in [3.63, 3.8) is 0 Å². The van der Waals surface area contributed by atoms with Crippen molar-refractivity contribution in [2.75, 3.05) is 24.2 Å². The van der Waals surface area contributed by atoms with E-state index in [1.54, 1.807) is 0 Å². The van der Waals surface area contributed by atoms with Crippen LogP contribution in [0, 0.1) is 10.1 Å². The molecule has 0 saturated carbocycles. The van der Waals surface area contributed by atoms with Gasteiger partial charge in [0.2, 0.25) is 0 Å². The molecule has 17 heavy (non-hydrogen) atoms. The molecule has 1 aromatic rings. The van der Waals surface area contributed by atoms with E-state index in [0.29, 0.717) is 5.82 Å². The molecule has 6 nitrogen and oxygen atoms in total. The van der Waals surface area contributed by atoms with Gasteiger partial charge in [0.15, 0.2) is 0 Å². The lowest BCUT2D eigenvalue weighted by atomic mass is 10.2. The van der Waals surface area contributed by atoms with Gasteiger partial charge in [-0.2, -0.15) is 0 Å². The maximum absolute atomic E-state index is 10.7. The van der Waals surface area contributed by atoms with Gasteiger partial charge in [-0.15, -0.1) is 0 Å². The van der Waals surface area contributed by atoms with Gasteiger partial charge in [0.1, 0.15) is 11.6 Å². The molecule has 1 rings (SSSR count). The molecular weight excluding hydrogens is 220 g/mol. The maximum Gasteiger partial charge on any atom is 0.276 e. The minimum atomic E-state index is -0.457. The molecule has 0 aromatic carbocycles. The van der Waals surface area contributed by atoms with E-state index in [0.717, 1.165) is 25.8 Å². The van der Waals surface area contributed by atoms with Gasteiger partial charge in [0.05, 0.1) is 17.1 Å². The third kappa shape index (κ3) is 3.90. The van der Waals surface area contributed by atoms with Crippen molar-refractivity contribution in [1.82, 2.24) is 4.98 Å². The summed E-state index contributed by atoms with van der Waals surface area (Å²) < 4.78 is 0. The molecule has 0 spiro atoms. The summed E-state index contributed by atoms with van der Waals surface area (Å²) in [6, 6.07) is 2.71. The second-order valence-corrected chi connectivity index (χ2v) is 3.99. The Kier molecular flexibility index (Phi) is 4.68. The predicted octanol–water partition coefficient (Wildman–Crippen LogP) is 2.20. The third-order valence-corrected chi connectivity index (χ3v) is 2.52. The number of hydrogen-bond donors (Lipinski definition) is 1. The largest absolute Gasteiger partial charge is 0.383 e. The molecule has 0 radical (unpaired) electrons. The molecule has 0 aliphatic heterocycles. The quantitative estimate of drug-likeness (QED) is 0.466. The molecule has 6 heteroatoms. The fourth-order valence-corrected chi connectivity index (χ4v) is 1.54. The first-order valence-electron chi connectivity index (χ1n) is 5.67. The first-order chi connectivity index (χ1) is 8.04. The summed E-state index contributed by atoms with van der Waals surface area (Å²) in [6.45, 7) is 2.95. The molecule has 0 aliphatic rings. The summed E-state index contributed by atoms with van der Waals surface area (Å²) in [4.78, 5) is 16.2. The lowest BCUT2D eigenvalue weighted by molar-refractivity contribution is -0.384. The standard InChI is InChI=1S/C11H18N4O2/c1-3-4-5-6-14(2)11-8-9(15(16)17)7-10(12)13-11/h7-8H,3-6H2,1-2H3,(H2,12,13). The number of rotatable bonds is 6. The highest BCUT2D eigenvalue weighted by Crippen LogP contribution is 2.21. The Bertz CT molecular complexity index is 395. The Balaban J connectivity index is 2.78. The number of nitrogen functional groups attached to an aromatic ring is 1. The third-order valence-electron chi connectivity index (χ3n) is 2.52.